The molecule has 116 valence electrons. The fourth-order valence-corrected chi connectivity index (χ4v) is 4.12. The van der Waals surface area contributed by atoms with Crippen LogP contribution in [0.25, 0.3) is 0 Å². The molecule has 3 heterocycles. The molecule has 2 aliphatic rings. The minimum Gasteiger partial charge on any atom is -0.338 e. The molecule has 1 N–H and O–H groups in total. The van der Waals surface area contributed by atoms with Crippen LogP contribution < -0.4 is 5.32 Å². The van der Waals surface area contributed by atoms with Gasteiger partial charge in [0.2, 0.25) is 0 Å². The Labute approximate surface area is 135 Å². The van der Waals surface area contributed by atoms with E-state index in [1.165, 1.54) is 18.3 Å². The van der Waals surface area contributed by atoms with Crippen LogP contribution in [0.1, 0.15) is 39.8 Å². The Hall–Kier alpha value is -0.910. The number of hydrogen-bond acceptors (Lipinski definition) is 4. The molecule has 6 heteroatoms. The SMILES string of the molecule is CC(=O)c1csc(C(=O)N2CC[C@@H]3CNC[C@@H]3CC2)c1.Cl. The average molecular weight is 329 g/mol. The van der Waals surface area contributed by atoms with Crippen molar-refractivity contribution in [1.29, 1.82) is 0 Å². The van der Waals surface area contributed by atoms with E-state index in [4.69, 9.17) is 0 Å². The summed E-state index contributed by atoms with van der Waals surface area (Å²) < 4.78 is 0. The Kier molecular flexibility index (Phi) is 5.41. The van der Waals surface area contributed by atoms with Crippen LogP contribution in [0.3, 0.4) is 0 Å². The molecule has 21 heavy (non-hydrogen) atoms. The highest BCUT2D eigenvalue weighted by molar-refractivity contribution is 7.12. The summed E-state index contributed by atoms with van der Waals surface area (Å²) in [6, 6.07) is 1.74. The first-order chi connectivity index (χ1) is 9.65. The largest absolute Gasteiger partial charge is 0.338 e. The Morgan fingerprint density at radius 1 is 1.24 bits per heavy atom. The van der Waals surface area contributed by atoms with Gasteiger partial charge in [0.1, 0.15) is 0 Å². The minimum absolute atomic E-state index is 0. The second-order valence-electron chi connectivity index (χ2n) is 5.80. The number of hydrogen-bond donors (Lipinski definition) is 1. The van der Waals surface area contributed by atoms with E-state index in [-0.39, 0.29) is 24.1 Å². The van der Waals surface area contributed by atoms with Gasteiger partial charge in [-0.3, -0.25) is 9.59 Å². The molecule has 0 radical (unpaired) electrons. The zero-order valence-corrected chi connectivity index (χ0v) is 13.8. The lowest BCUT2D eigenvalue weighted by Gasteiger charge is -2.20. The quantitative estimate of drug-likeness (QED) is 0.848. The monoisotopic (exact) mass is 328 g/mol. The maximum atomic E-state index is 12.5. The zero-order valence-electron chi connectivity index (χ0n) is 12.1. The van der Waals surface area contributed by atoms with Crippen molar-refractivity contribution in [1.82, 2.24) is 10.2 Å². The first kappa shape index (κ1) is 16.5. The predicted octanol–water partition coefficient (Wildman–Crippen LogP) is 2.44. The number of ketones is 1. The third-order valence-electron chi connectivity index (χ3n) is 4.52. The summed E-state index contributed by atoms with van der Waals surface area (Å²) in [5.41, 5.74) is 0.647. The predicted molar refractivity (Wildman–Crippen MR) is 86.6 cm³/mol. The van der Waals surface area contributed by atoms with Crippen molar-refractivity contribution in [3.8, 4) is 0 Å². The van der Waals surface area contributed by atoms with Gasteiger partial charge in [0.05, 0.1) is 4.88 Å². The normalized spacial score (nSPS) is 24.9. The van der Waals surface area contributed by atoms with Crippen molar-refractivity contribution >= 4 is 35.4 Å². The summed E-state index contributed by atoms with van der Waals surface area (Å²) in [5, 5.41) is 5.23. The number of amides is 1. The number of likely N-dealkylation sites (tertiary alicyclic amines) is 1. The summed E-state index contributed by atoms with van der Waals surface area (Å²) in [5.74, 6) is 1.57. The first-order valence-electron chi connectivity index (χ1n) is 7.24. The molecule has 0 bridgehead atoms. The molecule has 2 aliphatic heterocycles. The van der Waals surface area contributed by atoms with Crippen molar-refractivity contribution in [3.63, 3.8) is 0 Å². The van der Waals surface area contributed by atoms with Gasteiger partial charge in [-0.05, 0) is 50.8 Å². The zero-order chi connectivity index (χ0) is 14.1. The summed E-state index contributed by atoms with van der Waals surface area (Å²) >= 11 is 1.38. The average Bonchev–Trinajstić information content (AvgIpc) is 3.04. The van der Waals surface area contributed by atoms with Gasteiger partial charge in [0, 0.05) is 24.0 Å². The second kappa shape index (κ2) is 6.90. The molecule has 0 saturated carbocycles. The molecule has 2 atom stereocenters. The van der Waals surface area contributed by atoms with E-state index in [1.54, 1.807) is 11.4 Å². The van der Waals surface area contributed by atoms with Gasteiger partial charge in [-0.2, -0.15) is 0 Å². The number of carbonyl (C=O) groups excluding carboxylic acids is 2. The van der Waals surface area contributed by atoms with Crippen molar-refractivity contribution in [2.45, 2.75) is 19.8 Å². The number of thiophene rings is 1. The summed E-state index contributed by atoms with van der Waals surface area (Å²) in [7, 11) is 0. The topological polar surface area (TPSA) is 49.4 Å². The van der Waals surface area contributed by atoms with E-state index in [0.29, 0.717) is 10.4 Å². The van der Waals surface area contributed by atoms with Crippen molar-refractivity contribution in [3.05, 3.63) is 21.9 Å². The Bertz CT molecular complexity index is 517. The molecule has 4 nitrogen and oxygen atoms in total. The van der Waals surface area contributed by atoms with Crippen LogP contribution in [0.4, 0.5) is 0 Å². The number of fused-ring (bicyclic) bond motifs is 1. The molecule has 2 fully saturated rings. The molecule has 0 aromatic carbocycles. The Morgan fingerprint density at radius 2 is 1.86 bits per heavy atom. The highest BCUT2D eigenvalue weighted by atomic mass is 35.5. The van der Waals surface area contributed by atoms with Gasteiger partial charge in [0.15, 0.2) is 5.78 Å². The van der Waals surface area contributed by atoms with Gasteiger partial charge < -0.3 is 10.2 Å². The third-order valence-corrected chi connectivity index (χ3v) is 5.44. The summed E-state index contributed by atoms with van der Waals surface area (Å²) in [6.07, 6.45) is 2.18. The molecule has 1 amide bonds. The molecule has 2 saturated heterocycles. The minimum atomic E-state index is 0. The summed E-state index contributed by atoms with van der Waals surface area (Å²) in [6.45, 7) is 5.42. The molecule has 0 spiro atoms. The fourth-order valence-electron chi connectivity index (χ4n) is 3.21. The lowest BCUT2D eigenvalue weighted by atomic mass is 9.92. The third kappa shape index (κ3) is 3.47. The highest BCUT2D eigenvalue weighted by Gasteiger charge is 2.31. The van der Waals surface area contributed by atoms with Gasteiger partial charge in [-0.15, -0.1) is 23.7 Å². The number of carbonyl (C=O) groups is 2. The molecule has 1 aromatic heterocycles. The molecule has 1 aromatic rings. The lowest BCUT2D eigenvalue weighted by Crippen LogP contribution is -2.32. The standard InChI is InChI=1S/C15H20N2O2S.ClH/c1-10(18)13-6-14(20-9-13)15(19)17-4-2-11-7-16-8-12(11)3-5-17;/h6,9,11-12,16H,2-5,7-8H2,1H3;1H/t11-,12+;. The maximum Gasteiger partial charge on any atom is 0.263 e. The first-order valence-corrected chi connectivity index (χ1v) is 8.12. The van der Waals surface area contributed by atoms with Gasteiger partial charge >= 0.3 is 0 Å². The number of nitrogens with one attached hydrogen (secondary N) is 1. The van der Waals surface area contributed by atoms with E-state index in [2.05, 4.69) is 5.32 Å². The summed E-state index contributed by atoms with van der Waals surface area (Å²) in [4.78, 5) is 26.5. The highest BCUT2D eigenvalue weighted by Crippen LogP contribution is 2.28. The van der Waals surface area contributed by atoms with Crippen LogP contribution in [0.15, 0.2) is 11.4 Å². The van der Waals surface area contributed by atoms with Crippen LogP contribution in [0, 0.1) is 11.8 Å². The Morgan fingerprint density at radius 3 is 2.38 bits per heavy atom. The van der Waals surface area contributed by atoms with Crippen LogP contribution in [-0.4, -0.2) is 42.8 Å². The van der Waals surface area contributed by atoms with E-state index >= 15 is 0 Å². The van der Waals surface area contributed by atoms with Gasteiger partial charge in [-0.25, -0.2) is 0 Å². The van der Waals surface area contributed by atoms with Crippen LogP contribution in [0.2, 0.25) is 0 Å². The molecule has 0 unspecified atom stereocenters. The Balaban J connectivity index is 0.00000161. The number of Topliss-reactive ketones (excluding diaryl/α,β-unsaturated/α-hetero) is 1. The second-order valence-corrected chi connectivity index (χ2v) is 6.72. The molecule has 0 aliphatic carbocycles. The fraction of sp³-hybridized carbons (Fsp3) is 0.600. The lowest BCUT2D eigenvalue weighted by molar-refractivity contribution is 0.0763. The van der Waals surface area contributed by atoms with Crippen LogP contribution >= 0.6 is 23.7 Å². The number of rotatable bonds is 2. The molecular weight excluding hydrogens is 308 g/mol. The number of halogens is 1. The van der Waals surface area contributed by atoms with Crippen molar-refractivity contribution in [2.24, 2.45) is 11.8 Å². The van der Waals surface area contributed by atoms with Crippen LogP contribution in [-0.2, 0) is 0 Å². The van der Waals surface area contributed by atoms with E-state index in [1.807, 2.05) is 4.90 Å². The van der Waals surface area contributed by atoms with Gasteiger partial charge in [0.25, 0.3) is 5.91 Å². The van der Waals surface area contributed by atoms with Crippen molar-refractivity contribution < 1.29 is 9.59 Å². The number of nitrogens with zero attached hydrogens (tertiary/aromatic N) is 1. The van der Waals surface area contributed by atoms with E-state index in [0.717, 1.165) is 50.9 Å². The van der Waals surface area contributed by atoms with Gasteiger partial charge in [-0.1, -0.05) is 0 Å². The maximum absolute atomic E-state index is 12.5. The van der Waals surface area contributed by atoms with Crippen molar-refractivity contribution in [2.75, 3.05) is 26.2 Å². The van der Waals surface area contributed by atoms with E-state index in [9.17, 15) is 9.59 Å². The van der Waals surface area contributed by atoms with Crippen LogP contribution in [0.5, 0.6) is 0 Å². The smallest absolute Gasteiger partial charge is 0.263 e. The molecule has 3 rings (SSSR count). The molecular formula is C15H21ClN2O2S. The van der Waals surface area contributed by atoms with E-state index < -0.39 is 0 Å².